The molecule has 0 bridgehead atoms. The predicted molar refractivity (Wildman–Crippen MR) is 72.5 cm³/mol. The largest absolute Gasteiger partial charge is 0.342 e. The zero-order valence-corrected chi connectivity index (χ0v) is 10.9. The van der Waals surface area contributed by atoms with Crippen molar-refractivity contribution >= 4 is 10.9 Å². The van der Waals surface area contributed by atoms with E-state index < -0.39 is 0 Å². The second-order valence-electron chi connectivity index (χ2n) is 5.03. The smallest absolute Gasteiger partial charge is 0.0518 e. The van der Waals surface area contributed by atoms with Crippen LogP contribution < -0.4 is 5.32 Å². The van der Waals surface area contributed by atoms with Crippen molar-refractivity contribution in [3.8, 4) is 0 Å². The molecule has 17 heavy (non-hydrogen) atoms. The van der Waals surface area contributed by atoms with Gasteiger partial charge in [0.15, 0.2) is 0 Å². The quantitative estimate of drug-likeness (QED) is 0.794. The van der Waals surface area contributed by atoms with Crippen molar-refractivity contribution in [2.24, 2.45) is 0 Å². The summed E-state index contributed by atoms with van der Waals surface area (Å²) in [6.07, 6.45) is 1.13. The molecule has 2 nitrogen and oxygen atoms in total. The minimum absolute atomic E-state index is 1.02. The fraction of sp³-hybridized carbons (Fsp3) is 0.467. The Morgan fingerprint density at radius 3 is 2.76 bits per heavy atom. The van der Waals surface area contributed by atoms with Crippen LogP contribution in [0.5, 0.6) is 0 Å². The van der Waals surface area contributed by atoms with E-state index >= 15 is 0 Å². The van der Waals surface area contributed by atoms with Crippen molar-refractivity contribution in [2.45, 2.75) is 40.3 Å². The standard InChI is InChI=1S/C15H20N2/c1-4-12-13-9-16-7-8-17(13)15-11(3)6-5-10(2)14(12)15/h5-6,16H,4,7-9H2,1-3H3. The van der Waals surface area contributed by atoms with Gasteiger partial charge in [-0.15, -0.1) is 0 Å². The van der Waals surface area contributed by atoms with Crippen LogP contribution in [0.3, 0.4) is 0 Å². The van der Waals surface area contributed by atoms with Crippen LogP contribution in [0.2, 0.25) is 0 Å². The molecular weight excluding hydrogens is 208 g/mol. The first-order valence-electron chi connectivity index (χ1n) is 6.55. The van der Waals surface area contributed by atoms with Crippen LogP contribution in [0.1, 0.15) is 29.3 Å². The fourth-order valence-corrected chi connectivity index (χ4v) is 3.19. The summed E-state index contributed by atoms with van der Waals surface area (Å²) in [5, 5.41) is 5.00. The van der Waals surface area contributed by atoms with E-state index in [0.717, 1.165) is 26.1 Å². The molecule has 0 saturated carbocycles. The Hall–Kier alpha value is -1.28. The molecule has 3 rings (SSSR count). The van der Waals surface area contributed by atoms with E-state index in [0.29, 0.717) is 0 Å². The van der Waals surface area contributed by atoms with E-state index in [2.05, 4.69) is 42.8 Å². The number of nitrogens with one attached hydrogen (secondary N) is 1. The average Bonchev–Trinajstić information content (AvgIpc) is 2.69. The van der Waals surface area contributed by atoms with Gasteiger partial charge >= 0.3 is 0 Å². The zero-order chi connectivity index (χ0) is 12.0. The van der Waals surface area contributed by atoms with Gasteiger partial charge in [-0.3, -0.25) is 0 Å². The average molecular weight is 228 g/mol. The van der Waals surface area contributed by atoms with Crippen LogP contribution in [-0.4, -0.2) is 11.1 Å². The SMILES string of the molecule is CCc1c2n(c3c(C)ccc(C)c13)CCNC2. The molecule has 1 aliphatic rings. The summed E-state index contributed by atoms with van der Waals surface area (Å²) >= 11 is 0. The van der Waals surface area contributed by atoms with Crippen LogP contribution >= 0.6 is 0 Å². The summed E-state index contributed by atoms with van der Waals surface area (Å²) in [7, 11) is 0. The molecule has 2 heterocycles. The molecule has 1 aromatic heterocycles. The molecule has 0 saturated heterocycles. The highest BCUT2D eigenvalue weighted by atomic mass is 15.1. The Balaban J connectivity index is 2.47. The van der Waals surface area contributed by atoms with Gasteiger partial charge in [-0.2, -0.15) is 0 Å². The van der Waals surface area contributed by atoms with Crippen LogP contribution in [-0.2, 0) is 19.5 Å². The summed E-state index contributed by atoms with van der Waals surface area (Å²) in [4.78, 5) is 0. The molecule has 0 aliphatic carbocycles. The third-order valence-corrected chi connectivity index (χ3v) is 3.99. The van der Waals surface area contributed by atoms with Gasteiger partial charge in [0.25, 0.3) is 0 Å². The molecule has 0 amide bonds. The highest BCUT2D eigenvalue weighted by Gasteiger charge is 2.20. The Morgan fingerprint density at radius 1 is 1.24 bits per heavy atom. The molecule has 90 valence electrons. The third kappa shape index (κ3) is 1.44. The lowest BCUT2D eigenvalue weighted by Gasteiger charge is -2.19. The highest BCUT2D eigenvalue weighted by molar-refractivity contribution is 5.91. The van der Waals surface area contributed by atoms with Gasteiger partial charge in [0, 0.05) is 30.7 Å². The minimum Gasteiger partial charge on any atom is -0.342 e. The maximum atomic E-state index is 3.49. The first-order chi connectivity index (χ1) is 8.24. The van der Waals surface area contributed by atoms with Crippen molar-refractivity contribution in [3.63, 3.8) is 0 Å². The van der Waals surface area contributed by atoms with Gasteiger partial charge in [0.1, 0.15) is 0 Å². The summed E-state index contributed by atoms with van der Waals surface area (Å²) in [6.45, 7) is 9.96. The molecule has 1 aliphatic heterocycles. The summed E-state index contributed by atoms with van der Waals surface area (Å²) in [6, 6.07) is 4.52. The van der Waals surface area contributed by atoms with Gasteiger partial charge in [-0.05, 0) is 37.0 Å². The molecule has 0 fully saturated rings. The maximum absolute atomic E-state index is 3.49. The highest BCUT2D eigenvalue weighted by Crippen LogP contribution is 2.32. The molecule has 0 atom stereocenters. The summed E-state index contributed by atoms with van der Waals surface area (Å²) < 4.78 is 2.53. The Morgan fingerprint density at radius 2 is 2.00 bits per heavy atom. The molecule has 0 radical (unpaired) electrons. The van der Waals surface area contributed by atoms with E-state index in [1.807, 2.05) is 0 Å². The van der Waals surface area contributed by atoms with Crippen LogP contribution in [0.15, 0.2) is 12.1 Å². The second-order valence-corrected chi connectivity index (χ2v) is 5.03. The molecular formula is C15H20N2. The number of hydrogen-bond acceptors (Lipinski definition) is 1. The van der Waals surface area contributed by atoms with Crippen molar-refractivity contribution in [1.29, 1.82) is 0 Å². The van der Waals surface area contributed by atoms with Crippen molar-refractivity contribution in [2.75, 3.05) is 6.54 Å². The topological polar surface area (TPSA) is 17.0 Å². The molecule has 2 heteroatoms. The first kappa shape index (κ1) is 10.8. The van der Waals surface area contributed by atoms with Crippen LogP contribution in [0, 0.1) is 13.8 Å². The van der Waals surface area contributed by atoms with Crippen LogP contribution in [0.25, 0.3) is 10.9 Å². The van der Waals surface area contributed by atoms with Gasteiger partial charge in [0.2, 0.25) is 0 Å². The van der Waals surface area contributed by atoms with Gasteiger partial charge < -0.3 is 9.88 Å². The molecule has 1 aromatic carbocycles. The van der Waals surface area contributed by atoms with E-state index in [4.69, 9.17) is 0 Å². The van der Waals surface area contributed by atoms with Crippen molar-refractivity contribution in [3.05, 3.63) is 34.5 Å². The predicted octanol–water partition coefficient (Wildman–Crippen LogP) is 2.92. The lowest BCUT2D eigenvalue weighted by molar-refractivity contribution is 0.522. The first-order valence-corrected chi connectivity index (χ1v) is 6.55. The number of benzene rings is 1. The minimum atomic E-state index is 1.02. The van der Waals surface area contributed by atoms with Crippen LogP contribution in [0.4, 0.5) is 0 Å². The number of hydrogen-bond donors (Lipinski definition) is 1. The van der Waals surface area contributed by atoms with Crippen molar-refractivity contribution in [1.82, 2.24) is 9.88 Å². The zero-order valence-electron chi connectivity index (χ0n) is 10.9. The molecule has 0 unspecified atom stereocenters. The number of nitrogens with zero attached hydrogens (tertiary/aromatic N) is 1. The fourth-order valence-electron chi connectivity index (χ4n) is 3.19. The molecule has 2 aromatic rings. The Bertz CT molecular complexity index is 539. The van der Waals surface area contributed by atoms with E-state index in [1.54, 1.807) is 5.56 Å². The van der Waals surface area contributed by atoms with E-state index in [1.165, 1.54) is 27.7 Å². The van der Waals surface area contributed by atoms with E-state index in [-0.39, 0.29) is 0 Å². The molecule has 0 spiro atoms. The normalized spacial score (nSPS) is 15.2. The van der Waals surface area contributed by atoms with Crippen molar-refractivity contribution < 1.29 is 0 Å². The Kier molecular flexibility index (Phi) is 2.48. The van der Waals surface area contributed by atoms with Gasteiger partial charge in [-0.25, -0.2) is 0 Å². The van der Waals surface area contributed by atoms with E-state index in [9.17, 15) is 0 Å². The number of aryl methyl sites for hydroxylation is 3. The second kappa shape index (κ2) is 3.88. The lowest BCUT2D eigenvalue weighted by Crippen LogP contribution is -2.28. The van der Waals surface area contributed by atoms with Gasteiger partial charge in [0.05, 0.1) is 5.52 Å². The maximum Gasteiger partial charge on any atom is 0.0518 e. The summed E-state index contributed by atoms with van der Waals surface area (Å²) in [5.74, 6) is 0. The number of fused-ring (bicyclic) bond motifs is 3. The number of rotatable bonds is 1. The third-order valence-electron chi connectivity index (χ3n) is 3.99. The number of aromatic nitrogens is 1. The monoisotopic (exact) mass is 228 g/mol. The lowest BCUT2D eigenvalue weighted by atomic mass is 10.0. The Labute approximate surface area is 103 Å². The van der Waals surface area contributed by atoms with Gasteiger partial charge in [-0.1, -0.05) is 19.1 Å². The summed E-state index contributed by atoms with van der Waals surface area (Å²) in [5.41, 5.74) is 7.36. The molecule has 1 N–H and O–H groups in total.